The summed E-state index contributed by atoms with van der Waals surface area (Å²) in [6, 6.07) is 2.35. The average Bonchev–Trinajstić information content (AvgIpc) is 3.13. The quantitative estimate of drug-likeness (QED) is 0.145. The molecule has 9 unspecified atom stereocenters. The summed E-state index contributed by atoms with van der Waals surface area (Å²) >= 11 is 0. The lowest BCUT2D eigenvalue weighted by molar-refractivity contribution is -0.383. The SMILES string of the molecule is COc1cc(C(=O)OCC2OC(OC3(CO)OC(CO)C(O)C3O)C(O)C(O)C2O)cc(OC)c1O. The molecule has 3 rings (SSSR count). The number of ether oxygens (including phenoxy) is 6. The minimum absolute atomic E-state index is 0.0740. The van der Waals surface area contributed by atoms with Gasteiger partial charge in [-0.15, -0.1) is 0 Å². The first-order valence-electron chi connectivity index (χ1n) is 10.8. The highest BCUT2D eigenvalue weighted by Crippen LogP contribution is 2.38. The van der Waals surface area contributed by atoms with Crippen molar-refractivity contribution in [1.82, 2.24) is 0 Å². The summed E-state index contributed by atoms with van der Waals surface area (Å²) in [5.74, 6) is -3.79. The zero-order chi connectivity index (χ0) is 26.8. The largest absolute Gasteiger partial charge is 0.502 e. The molecule has 15 heteroatoms. The molecule has 1 aromatic rings. The van der Waals surface area contributed by atoms with Gasteiger partial charge < -0.3 is 69.3 Å². The molecule has 2 aliphatic heterocycles. The van der Waals surface area contributed by atoms with Crippen LogP contribution in [0.2, 0.25) is 0 Å². The van der Waals surface area contributed by atoms with Crippen LogP contribution >= 0.6 is 0 Å². The van der Waals surface area contributed by atoms with Crippen LogP contribution in [0.15, 0.2) is 12.1 Å². The monoisotopic (exact) mass is 522 g/mol. The van der Waals surface area contributed by atoms with Gasteiger partial charge in [0.1, 0.15) is 55.9 Å². The number of methoxy groups -OCH3 is 2. The topological polar surface area (TPSA) is 234 Å². The summed E-state index contributed by atoms with van der Waals surface area (Å²) in [4.78, 5) is 12.6. The number of phenols is 1. The van der Waals surface area contributed by atoms with E-state index in [1.807, 2.05) is 0 Å². The first-order valence-corrected chi connectivity index (χ1v) is 10.8. The van der Waals surface area contributed by atoms with Crippen LogP contribution in [-0.2, 0) is 18.9 Å². The second kappa shape index (κ2) is 11.4. The van der Waals surface area contributed by atoms with Crippen LogP contribution in [-0.4, -0.2) is 136 Å². The van der Waals surface area contributed by atoms with Crippen LogP contribution in [0.5, 0.6) is 17.2 Å². The third-order valence-electron chi connectivity index (χ3n) is 5.98. The van der Waals surface area contributed by atoms with Crippen LogP contribution in [0.4, 0.5) is 0 Å². The molecule has 2 aliphatic rings. The van der Waals surface area contributed by atoms with Crippen molar-refractivity contribution >= 4 is 5.97 Å². The molecule has 204 valence electrons. The number of aliphatic hydroxyl groups is 7. The molecule has 0 spiro atoms. The highest BCUT2D eigenvalue weighted by Gasteiger charge is 2.58. The molecule has 0 bridgehead atoms. The molecule has 0 saturated carbocycles. The normalized spacial score (nSPS) is 36.5. The molecule has 0 aliphatic carbocycles. The second-order valence-electron chi connectivity index (χ2n) is 8.20. The molecule has 2 heterocycles. The molecule has 8 N–H and O–H groups in total. The molecule has 2 fully saturated rings. The summed E-state index contributed by atoms with van der Waals surface area (Å²) < 4.78 is 31.2. The smallest absolute Gasteiger partial charge is 0.338 e. The number of hydrogen-bond acceptors (Lipinski definition) is 15. The van der Waals surface area contributed by atoms with E-state index >= 15 is 0 Å². The van der Waals surface area contributed by atoms with E-state index in [1.54, 1.807) is 0 Å². The molecule has 0 aromatic heterocycles. The lowest BCUT2D eigenvalue weighted by Crippen LogP contribution is -2.62. The van der Waals surface area contributed by atoms with Crippen molar-refractivity contribution in [3.05, 3.63) is 17.7 Å². The number of aliphatic hydroxyl groups excluding tert-OH is 7. The Labute approximate surface area is 204 Å². The summed E-state index contributed by atoms with van der Waals surface area (Å²) in [5, 5.41) is 80.2. The zero-order valence-corrected chi connectivity index (χ0v) is 19.3. The molecule has 9 atom stereocenters. The Balaban J connectivity index is 1.73. The standard InChI is InChI=1S/C21H30O15/c1-31-9-3-8(4-10(32-2)13(9)24)19(30)33-6-12-14(25)16(27)17(28)20(34-12)36-21(7-23)18(29)15(26)11(5-22)35-21/h3-4,11-12,14-18,20,22-29H,5-7H2,1-2H3. The van der Waals surface area contributed by atoms with Crippen molar-refractivity contribution in [2.24, 2.45) is 0 Å². The summed E-state index contributed by atoms with van der Waals surface area (Å²) in [7, 11) is 2.52. The predicted molar refractivity (Wildman–Crippen MR) is 113 cm³/mol. The highest BCUT2D eigenvalue weighted by atomic mass is 16.8. The van der Waals surface area contributed by atoms with Crippen LogP contribution in [0.1, 0.15) is 10.4 Å². The highest BCUT2D eigenvalue weighted by molar-refractivity contribution is 5.91. The number of aromatic hydroxyl groups is 1. The Bertz CT molecular complexity index is 886. The minimum Gasteiger partial charge on any atom is -0.502 e. The van der Waals surface area contributed by atoms with Crippen LogP contribution in [0, 0.1) is 0 Å². The van der Waals surface area contributed by atoms with Gasteiger partial charge >= 0.3 is 5.97 Å². The van der Waals surface area contributed by atoms with Crippen LogP contribution < -0.4 is 9.47 Å². The first kappa shape index (κ1) is 28.3. The summed E-state index contributed by atoms with van der Waals surface area (Å²) in [6.45, 7) is -2.44. The number of hydrogen-bond donors (Lipinski definition) is 8. The van der Waals surface area contributed by atoms with Crippen molar-refractivity contribution in [2.75, 3.05) is 34.0 Å². The number of phenolic OH excluding ortho intramolecular Hbond substituents is 1. The Hall–Kier alpha value is -2.31. The van der Waals surface area contributed by atoms with Crippen molar-refractivity contribution in [2.45, 2.75) is 54.8 Å². The van der Waals surface area contributed by atoms with Crippen molar-refractivity contribution < 1.29 is 74.1 Å². The van der Waals surface area contributed by atoms with Gasteiger partial charge in [0.15, 0.2) is 17.8 Å². The van der Waals surface area contributed by atoms with Gasteiger partial charge in [-0.1, -0.05) is 0 Å². The number of rotatable bonds is 9. The third-order valence-corrected chi connectivity index (χ3v) is 5.98. The Morgan fingerprint density at radius 1 is 0.944 bits per heavy atom. The molecule has 1 aromatic carbocycles. The zero-order valence-electron chi connectivity index (χ0n) is 19.3. The van der Waals surface area contributed by atoms with Gasteiger partial charge in [-0.3, -0.25) is 0 Å². The van der Waals surface area contributed by atoms with E-state index < -0.39 is 80.6 Å². The minimum atomic E-state index is -2.35. The van der Waals surface area contributed by atoms with Crippen LogP contribution in [0.3, 0.4) is 0 Å². The van der Waals surface area contributed by atoms with Gasteiger partial charge in [-0.2, -0.15) is 0 Å². The van der Waals surface area contributed by atoms with E-state index in [1.165, 1.54) is 26.4 Å². The second-order valence-corrected chi connectivity index (χ2v) is 8.20. The molecule has 36 heavy (non-hydrogen) atoms. The lowest BCUT2D eigenvalue weighted by Gasteiger charge is -2.43. The van der Waals surface area contributed by atoms with E-state index in [9.17, 15) is 45.6 Å². The third kappa shape index (κ3) is 5.21. The first-order chi connectivity index (χ1) is 17.0. The average molecular weight is 522 g/mol. The molecule has 2 saturated heterocycles. The van der Waals surface area contributed by atoms with Gasteiger partial charge in [0, 0.05) is 0 Å². The van der Waals surface area contributed by atoms with Crippen molar-refractivity contribution in [3.63, 3.8) is 0 Å². The van der Waals surface area contributed by atoms with E-state index in [0.29, 0.717) is 0 Å². The Morgan fingerprint density at radius 3 is 2.06 bits per heavy atom. The van der Waals surface area contributed by atoms with E-state index in [2.05, 4.69) is 0 Å². The lowest BCUT2D eigenvalue weighted by atomic mass is 9.99. The van der Waals surface area contributed by atoms with Gasteiger partial charge in [0.25, 0.3) is 0 Å². The fraction of sp³-hybridized carbons (Fsp3) is 0.667. The Kier molecular flexibility index (Phi) is 8.94. The number of carbonyl (C=O) groups is 1. The van der Waals surface area contributed by atoms with Gasteiger partial charge in [0.05, 0.1) is 26.4 Å². The molecule has 0 radical (unpaired) electrons. The van der Waals surface area contributed by atoms with E-state index in [4.69, 9.17) is 28.4 Å². The molecular formula is C21H30O15. The molecular weight excluding hydrogens is 492 g/mol. The van der Waals surface area contributed by atoms with Crippen molar-refractivity contribution in [3.8, 4) is 17.2 Å². The maximum atomic E-state index is 12.6. The predicted octanol–water partition coefficient (Wildman–Crippen LogP) is -3.81. The molecule has 15 nitrogen and oxygen atoms in total. The van der Waals surface area contributed by atoms with Gasteiger partial charge in [0.2, 0.25) is 11.5 Å². The maximum Gasteiger partial charge on any atom is 0.338 e. The maximum absolute atomic E-state index is 12.6. The van der Waals surface area contributed by atoms with Crippen LogP contribution in [0.25, 0.3) is 0 Å². The Morgan fingerprint density at radius 2 is 1.56 bits per heavy atom. The fourth-order valence-corrected chi connectivity index (χ4v) is 3.87. The molecule has 0 amide bonds. The number of carbonyl (C=O) groups excluding carboxylic acids is 1. The summed E-state index contributed by atoms with van der Waals surface area (Å²) in [5.41, 5.74) is -0.0917. The fourth-order valence-electron chi connectivity index (χ4n) is 3.87. The van der Waals surface area contributed by atoms with E-state index in [0.717, 1.165) is 0 Å². The number of benzene rings is 1. The summed E-state index contributed by atoms with van der Waals surface area (Å²) in [6.07, 6.45) is -13.7. The number of esters is 1. The van der Waals surface area contributed by atoms with Gasteiger partial charge in [-0.25, -0.2) is 4.79 Å². The van der Waals surface area contributed by atoms with Gasteiger partial charge in [-0.05, 0) is 12.1 Å². The van der Waals surface area contributed by atoms with E-state index in [-0.39, 0.29) is 22.8 Å². The van der Waals surface area contributed by atoms with Crippen molar-refractivity contribution in [1.29, 1.82) is 0 Å².